The first-order valence-corrected chi connectivity index (χ1v) is 17.3. The summed E-state index contributed by atoms with van der Waals surface area (Å²) in [6, 6.07) is 27.7. The predicted molar refractivity (Wildman–Crippen MR) is 175 cm³/mol. The van der Waals surface area contributed by atoms with Crippen molar-refractivity contribution in [2.45, 2.75) is 11.8 Å². The van der Waals surface area contributed by atoms with Crippen molar-refractivity contribution in [1.82, 2.24) is 0 Å². The third kappa shape index (κ3) is 4.30. The fraction of sp³-hybridized carbons (Fsp3) is 0.0625. The molecule has 0 saturated heterocycles. The van der Waals surface area contributed by atoms with Crippen LogP contribution in [0.15, 0.2) is 72.8 Å². The van der Waals surface area contributed by atoms with Crippen molar-refractivity contribution in [2.75, 3.05) is 0 Å². The van der Waals surface area contributed by atoms with Crippen LogP contribution in [-0.2, 0) is 0 Å². The van der Waals surface area contributed by atoms with Gasteiger partial charge in [0.25, 0.3) is 0 Å². The average molecular weight is 597 g/mol. The number of rotatable bonds is 0. The van der Waals surface area contributed by atoms with Gasteiger partial charge in [0.15, 0.2) is 0 Å². The van der Waals surface area contributed by atoms with Crippen LogP contribution in [-0.4, -0.2) is 0 Å². The second-order valence-corrected chi connectivity index (χ2v) is 16.2. The Balaban J connectivity index is 1.41. The van der Waals surface area contributed by atoms with Crippen LogP contribution in [0, 0.1) is 0 Å². The summed E-state index contributed by atoms with van der Waals surface area (Å²) in [6.07, 6.45) is 13.7. The molecule has 0 saturated carbocycles. The van der Waals surface area contributed by atoms with Gasteiger partial charge in [-0.25, -0.2) is 0 Å². The Hall–Kier alpha value is -2.58. The zero-order chi connectivity index (χ0) is 25.1. The van der Waals surface area contributed by atoms with Crippen LogP contribution < -0.4 is 0 Å². The van der Waals surface area contributed by atoms with Gasteiger partial charge in [0, 0.05) is 58.5 Å². The number of thiophene rings is 6. The van der Waals surface area contributed by atoms with Crippen molar-refractivity contribution in [3.8, 4) is 0 Å². The summed E-state index contributed by atoms with van der Waals surface area (Å²) >= 11 is 11.5. The summed E-state index contributed by atoms with van der Waals surface area (Å²) in [5.74, 6) is 0.519. The minimum atomic E-state index is 0.259. The summed E-state index contributed by atoms with van der Waals surface area (Å²) in [4.78, 5) is 16.2. The SMILES string of the molecule is C1=Cc2ccc(s2)C2c3ccc(s3)/C=C/c3ccc(s3)C(c3ccc1s3)c1ccc(s1)/C=C/c1ccc2s1. The Labute approximate surface area is 245 Å². The average Bonchev–Trinajstić information content (AvgIpc) is 3.74. The maximum atomic E-state index is 2.33. The second kappa shape index (κ2) is 9.56. The van der Waals surface area contributed by atoms with Crippen molar-refractivity contribution >= 4 is 104 Å². The van der Waals surface area contributed by atoms with Crippen LogP contribution in [0.2, 0.25) is 0 Å². The summed E-state index contributed by atoms with van der Waals surface area (Å²) in [7, 11) is 0. The summed E-state index contributed by atoms with van der Waals surface area (Å²) < 4.78 is 0. The van der Waals surface area contributed by atoms with E-state index in [2.05, 4.69) is 109 Å². The molecule has 9 heterocycles. The van der Waals surface area contributed by atoms with Crippen molar-refractivity contribution in [3.05, 3.63) is 131 Å². The van der Waals surface area contributed by atoms with Crippen LogP contribution >= 0.6 is 68.0 Å². The first kappa shape index (κ1) is 23.3. The largest absolute Gasteiger partial charge is 0.140 e. The molecule has 14 bridgehead atoms. The molecule has 0 fully saturated rings. The summed E-state index contributed by atoms with van der Waals surface area (Å²) in [6.45, 7) is 0. The van der Waals surface area contributed by atoms with Gasteiger partial charge in [-0.1, -0.05) is 0 Å². The molecule has 0 spiro atoms. The molecular weight excluding hydrogens is 577 g/mol. The number of hydrogen-bond acceptors (Lipinski definition) is 6. The Morgan fingerprint density at radius 1 is 0.263 bits per heavy atom. The van der Waals surface area contributed by atoms with Crippen molar-refractivity contribution in [3.63, 3.8) is 0 Å². The molecule has 0 radical (unpaired) electrons. The minimum Gasteiger partial charge on any atom is -0.140 e. The quantitative estimate of drug-likeness (QED) is 0.163. The lowest BCUT2D eigenvalue weighted by Crippen LogP contribution is -1.95. The van der Waals surface area contributed by atoms with E-state index in [4.69, 9.17) is 0 Å². The Morgan fingerprint density at radius 2 is 0.447 bits per heavy atom. The fourth-order valence-electron chi connectivity index (χ4n) is 5.01. The molecule has 3 aliphatic rings. The molecule has 0 aliphatic carbocycles. The smallest absolute Gasteiger partial charge is 0.0622 e. The minimum absolute atomic E-state index is 0.259. The normalized spacial score (nSPS) is 19.4. The molecule has 3 aliphatic heterocycles. The monoisotopic (exact) mass is 596 g/mol. The lowest BCUT2D eigenvalue weighted by Gasteiger charge is -2.12. The molecule has 0 unspecified atom stereocenters. The molecule has 0 atom stereocenters. The predicted octanol–water partition coefficient (Wildman–Crippen LogP) is 11.6. The zero-order valence-corrected chi connectivity index (χ0v) is 24.9. The summed E-state index contributed by atoms with van der Waals surface area (Å²) in [5, 5.41) is 0. The third-order valence-corrected chi connectivity index (χ3v) is 13.5. The molecule has 0 N–H and O–H groups in total. The van der Waals surface area contributed by atoms with Crippen LogP contribution in [0.3, 0.4) is 0 Å². The van der Waals surface area contributed by atoms with E-state index in [-0.39, 0.29) is 11.8 Å². The zero-order valence-electron chi connectivity index (χ0n) is 20.0. The van der Waals surface area contributed by atoms with Gasteiger partial charge in [0.05, 0.1) is 11.8 Å². The van der Waals surface area contributed by atoms with Gasteiger partial charge in [0.2, 0.25) is 0 Å². The standard InChI is InChI=1S/C32H20S6/c1-2-20-8-14-26(34-20)32-29-17-11-23(37-29)5-3-21-9-15-27(35-21)31(25-13-7-19(1)33-25)28-16-10-22(36-28)4-6-24-12-18-30(32)38-24/h1-18,31-32H/b2-1+,5-3+,6-4?. The molecule has 9 rings (SSSR count). The Kier molecular flexibility index (Phi) is 5.87. The van der Waals surface area contributed by atoms with E-state index in [1.54, 1.807) is 0 Å². The molecule has 0 nitrogen and oxygen atoms in total. The van der Waals surface area contributed by atoms with Gasteiger partial charge in [0.1, 0.15) is 0 Å². The Bertz CT molecular complexity index is 1500. The van der Waals surface area contributed by atoms with Gasteiger partial charge in [-0.05, 0) is 109 Å². The molecule has 38 heavy (non-hydrogen) atoms. The van der Waals surface area contributed by atoms with E-state index in [1.807, 2.05) is 68.0 Å². The van der Waals surface area contributed by atoms with Crippen molar-refractivity contribution < 1.29 is 0 Å². The molecular formula is C32H20S6. The van der Waals surface area contributed by atoms with E-state index in [9.17, 15) is 0 Å². The van der Waals surface area contributed by atoms with Gasteiger partial charge < -0.3 is 0 Å². The maximum absolute atomic E-state index is 2.33. The van der Waals surface area contributed by atoms with Crippen molar-refractivity contribution in [2.24, 2.45) is 0 Å². The first-order chi connectivity index (χ1) is 18.7. The Morgan fingerprint density at radius 3 is 0.632 bits per heavy atom. The molecule has 6 aromatic heterocycles. The molecule has 184 valence electrons. The van der Waals surface area contributed by atoms with Crippen LogP contribution in [0.5, 0.6) is 0 Å². The molecule has 6 aromatic rings. The van der Waals surface area contributed by atoms with Gasteiger partial charge in [-0.15, -0.1) is 68.0 Å². The molecule has 6 heteroatoms. The van der Waals surface area contributed by atoms with Crippen LogP contribution in [0.4, 0.5) is 0 Å². The van der Waals surface area contributed by atoms with Gasteiger partial charge in [-0.2, -0.15) is 0 Å². The van der Waals surface area contributed by atoms with Crippen LogP contribution in [0.25, 0.3) is 36.5 Å². The highest BCUT2D eigenvalue weighted by molar-refractivity contribution is 7.17. The first-order valence-electron chi connectivity index (χ1n) is 12.4. The van der Waals surface area contributed by atoms with Gasteiger partial charge in [-0.3, -0.25) is 0 Å². The fourth-order valence-corrected chi connectivity index (χ4v) is 11.8. The molecule has 0 amide bonds. The van der Waals surface area contributed by atoms with Gasteiger partial charge >= 0.3 is 0 Å². The summed E-state index contributed by atoms with van der Waals surface area (Å²) in [5.41, 5.74) is 0. The highest BCUT2D eigenvalue weighted by Gasteiger charge is 2.24. The second-order valence-electron chi connectivity index (χ2n) is 9.31. The molecule has 0 aromatic carbocycles. The van der Waals surface area contributed by atoms with E-state index in [0.29, 0.717) is 0 Å². The van der Waals surface area contributed by atoms with E-state index in [0.717, 1.165) is 0 Å². The van der Waals surface area contributed by atoms with Crippen LogP contribution in [0.1, 0.15) is 70.4 Å². The lowest BCUT2D eigenvalue weighted by molar-refractivity contribution is 1.07. The van der Waals surface area contributed by atoms with E-state index < -0.39 is 0 Å². The lowest BCUT2D eigenvalue weighted by atomic mass is 10.0. The third-order valence-electron chi connectivity index (χ3n) is 6.83. The maximum Gasteiger partial charge on any atom is 0.0622 e. The highest BCUT2D eigenvalue weighted by Crippen LogP contribution is 2.45. The van der Waals surface area contributed by atoms with Crippen molar-refractivity contribution in [1.29, 1.82) is 0 Å². The topological polar surface area (TPSA) is 0 Å². The van der Waals surface area contributed by atoms with E-state index in [1.165, 1.54) is 58.5 Å². The number of hydrogen-bond donors (Lipinski definition) is 0. The highest BCUT2D eigenvalue weighted by atomic mass is 32.1. The van der Waals surface area contributed by atoms with E-state index >= 15 is 0 Å².